The van der Waals surface area contributed by atoms with Gasteiger partial charge in [0.15, 0.2) is 0 Å². The predicted molar refractivity (Wildman–Crippen MR) is 74.2 cm³/mol. The molecule has 3 unspecified atom stereocenters. The van der Waals surface area contributed by atoms with Crippen LogP contribution in [0.4, 0.5) is 0 Å². The molecule has 3 N–H and O–H groups in total. The summed E-state index contributed by atoms with van der Waals surface area (Å²) in [5.41, 5.74) is 5.93. The first kappa shape index (κ1) is 16.7. The molecule has 0 saturated heterocycles. The first-order valence-corrected chi connectivity index (χ1v) is 6.43. The topological polar surface area (TPSA) is 55.1 Å². The lowest BCUT2D eigenvalue weighted by atomic mass is 10.0. The van der Waals surface area contributed by atoms with Crippen LogP contribution in [0.25, 0.3) is 0 Å². The second kappa shape index (κ2) is 6.60. The minimum atomic E-state index is 0. The zero-order valence-corrected chi connectivity index (χ0v) is 12.3. The lowest BCUT2D eigenvalue weighted by molar-refractivity contribution is -0.123. The third-order valence-corrected chi connectivity index (χ3v) is 3.86. The molecule has 0 aromatic rings. The Hall–Kier alpha value is -0.280. The zero-order valence-electron chi connectivity index (χ0n) is 11.5. The van der Waals surface area contributed by atoms with Crippen LogP contribution >= 0.6 is 12.4 Å². The Kier molecular flexibility index (Phi) is 6.49. The maximum atomic E-state index is 12.0. The summed E-state index contributed by atoms with van der Waals surface area (Å²) in [5, 5.41) is 3.09. The summed E-state index contributed by atoms with van der Waals surface area (Å²) in [6.07, 6.45) is 3.09. The second-order valence-electron chi connectivity index (χ2n) is 5.84. The predicted octanol–water partition coefficient (Wildman–Crippen LogP) is 2.33. The summed E-state index contributed by atoms with van der Waals surface area (Å²) < 4.78 is 0. The van der Waals surface area contributed by atoms with Gasteiger partial charge in [0.25, 0.3) is 0 Å². The van der Waals surface area contributed by atoms with Gasteiger partial charge in [-0.1, -0.05) is 27.7 Å². The van der Waals surface area contributed by atoms with Crippen LogP contribution < -0.4 is 11.1 Å². The molecule has 3 nitrogen and oxygen atoms in total. The summed E-state index contributed by atoms with van der Waals surface area (Å²) in [6.45, 7) is 9.20. The third-order valence-electron chi connectivity index (χ3n) is 3.86. The van der Waals surface area contributed by atoms with Crippen molar-refractivity contribution < 1.29 is 4.79 Å². The average Bonchev–Trinajstić information content (AvgIpc) is 2.90. The van der Waals surface area contributed by atoms with Crippen molar-refractivity contribution in [3.05, 3.63) is 0 Å². The fourth-order valence-electron chi connectivity index (χ4n) is 2.29. The SMILES string of the molecule is CCC1(C)CC1C(=O)NC(CN)CC(C)C.Cl. The molecule has 1 aliphatic rings. The highest BCUT2D eigenvalue weighted by molar-refractivity contribution is 5.85. The highest BCUT2D eigenvalue weighted by Gasteiger charge is 2.52. The van der Waals surface area contributed by atoms with Crippen LogP contribution in [0.3, 0.4) is 0 Å². The molecule has 0 aliphatic heterocycles. The van der Waals surface area contributed by atoms with Crippen molar-refractivity contribution in [1.82, 2.24) is 5.32 Å². The second-order valence-corrected chi connectivity index (χ2v) is 5.84. The molecule has 0 radical (unpaired) electrons. The zero-order chi connectivity index (χ0) is 12.3. The maximum Gasteiger partial charge on any atom is 0.223 e. The molecule has 1 saturated carbocycles. The van der Waals surface area contributed by atoms with E-state index in [1.165, 1.54) is 0 Å². The van der Waals surface area contributed by atoms with Gasteiger partial charge in [-0.25, -0.2) is 0 Å². The molecule has 1 fully saturated rings. The van der Waals surface area contributed by atoms with Gasteiger partial charge in [-0.3, -0.25) is 4.79 Å². The molecule has 1 amide bonds. The van der Waals surface area contributed by atoms with E-state index < -0.39 is 0 Å². The van der Waals surface area contributed by atoms with Crippen molar-refractivity contribution >= 4 is 18.3 Å². The highest BCUT2D eigenvalue weighted by Crippen LogP contribution is 2.54. The van der Waals surface area contributed by atoms with E-state index in [4.69, 9.17) is 5.73 Å². The fraction of sp³-hybridized carbons (Fsp3) is 0.923. The maximum absolute atomic E-state index is 12.0. The normalized spacial score (nSPS) is 28.5. The third kappa shape index (κ3) is 4.47. The number of nitrogens with one attached hydrogen (secondary N) is 1. The van der Waals surface area contributed by atoms with Crippen molar-refractivity contribution in [2.45, 2.75) is 53.0 Å². The summed E-state index contributed by atoms with van der Waals surface area (Å²) in [5.74, 6) is 1.00. The van der Waals surface area contributed by atoms with Crippen molar-refractivity contribution in [1.29, 1.82) is 0 Å². The number of amides is 1. The smallest absolute Gasteiger partial charge is 0.223 e. The Morgan fingerprint density at radius 3 is 2.47 bits per heavy atom. The molecule has 0 heterocycles. The molecule has 102 valence electrons. The molecule has 0 bridgehead atoms. The van der Waals surface area contributed by atoms with Gasteiger partial charge in [-0.15, -0.1) is 12.4 Å². The van der Waals surface area contributed by atoms with E-state index in [9.17, 15) is 4.79 Å². The molecular weight excluding hydrogens is 236 g/mol. The van der Waals surface area contributed by atoms with Crippen molar-refractivity contribution in [2.75, 3.05) is 6.54 Å². The van der Waals surface area contributed by atoms with Crippen LogP contribution in [0.2, 0.25) is 0 Å². The van der Waals surface area contributed by atoms with E-state index in [-0.39, 0.29) is 35.7 Å². The van der Waals surface area contributed by atoms with Gasteiger partial charge >= 0.3 is 0 Å². The molecule has 0 spiro atoms. The van der Waals surface area contributed by atoms with Crippen LogP contribution in [0.15, 0.2) is 0 Å². The lowest BCUT2D eigenvalue weighted by Gasteiger charge is -2.19. The quantitative estimate of drug-likeness (QED) is 0.772. The number of nitrogens with two attached hydrogens (primary N) is 1. The minimum absolute atomic E-state index is 0. The van der Waals surface area contributed by atoms with Crippen LogP contribution in [0, 0.1) is 17.3 Å². The van der Waals surface area contributed by atoms with E-state index in [2.05, 4.69) is 33.0 Å². The Morgan fingerprint density at radius 1 is 1.53 bits per heavy atom. The Labute approximate surface area is 111 Å². The number of carbonyl (C=O) groups is 1. The van der Waals surface area contributed by atoms with Crippen molar-refractivity contribution in [3.63, 3.8) is 0 Å². The number of hydrogen-bond donors (Lipinski definition) is 2. The molecule has 0 aromatic heterocycles. The van der Waals surface area contributed by atoms with Gasteiger partial charge in [-0.05, 0) is 30.6 Å². The Bertz CT molecular complexity index is 258. The number of halogens is 1. The number of hydrogen-bond acceptors (Lipinski definition) is 2. The van der Waals surface area contributed by atoms with Crippen LogP contribution in [-0.4, -0.2) is 18.5 Å². The van der Waals surface area contributed by atoms with Crippen LogP contribution in [-0.2, 0) is 4.79 Å². The molecule has 1 rings (SSSR count). The van der Waals surface area contributed by atoms with Crippen molar-refractivity contribution in [2.24, 2.45) is 23.0 Å². The van der Waals surface area contributed by atoms with Crippen molar-refractivity contribution in [3.8, 4) is 0 Å². The highest BCUT2D eigenvalue weighted by atomic mass is 35.5. The Balaban J connectivity index is 0.00000256. The fourth-order valence-corrected chi connectivity index (χ4v) is 2.29. The minimum Gasteiger partial charge on any atom is -0.352 e. The molecular formula is C13H27ClN2O. The molecule has 17 heavy (non-hydrogen) atoms. The Morgan fingerprint density at radius 2 is 2.12 bits per heavy atom. The standard InChI is InChI=1S/C13H26N2O.ClH/c1-5-13(4)7-11(13)12(16)15-10(8-14)6-9(2)3;/h9-11H,5-8,14H2,1-4H3,(H,15,16);1H. The number of rotatable bonds is 6. The van der Waals surface area contributed by atoms with Gasteiger partial charge in [0.2, 0.25) is 5.91 Å². The van der Waals surface area contributed by atoms with Gasteiger partial charge in [0.05, 0.1) is 0 Å². The summed E-state index contributed by atoms with van der Waals surface area (Å²) in [6, 6.07) is 0.147. The largest absolute Gasteiger partial charge is 0.352 e. The van der Waals surface area contributed by atoms with E-state index >= 15 is 0 Å². The lowest BCUT2D eigenvalue weighted by Crippen LogP contribution is -2.42. The summed E-state index contributed by atoms with van der Waals surface area (Å²) >= 11 is 0. The van der Waals surface area contributed by atoms with Gasteiger partial charge in [0.1, 0.15) is 0 Å². The first-order valence-electron chi connectivity index (χ1n) is 6.43. The monoisotopic (exact) mass is 262 g/mol. The summed E-state index contributed by atoms with van der Waals surface area (Å²) in [4.78, 5) is 12.0. The average molecular weight is 263 g/mol. The van der Waals surface area contributed by atoms with E-state index in [1.807, 2.05) is 0 Å². The molecule has 4 heteroatoms. The van der Waals surface area contributed by atoms with E-state index in [0.29, 0.717) is 12.5 Å². The molecule has 0 aromatic carbocycles. The first-order chi connectivity index (χ1) is 7.42. The molecule has 3 atom stereocenters. The van der Waals surface area contributed by atoms with Gasteiger partial charge in [0, 0.05) is 18.5 Å². The van der Waals surface area contributed by atoms with Crippen LogP contribution in [0.1, 0.15) is 47.0 Å². The van der Waals surface area contributed by atoms with E-state index in [1.54, 1.807) is 0 Å². The molecule has 1 aliphatic carbocycles. The number of carbonyl (C=O) groups excluding carboxylic acids is 1. The summed E-state index contributed by atoms with van der Waals surface area (Å²) in [7, 11) is 0. The van der Waals surface area contributed by atoms with Gasteiger partial charge in [-0.2, -0.15) is 0 Å². The van der Waals surface area contributed by atoms with E-state index in [0.717, 1.165) is 19.3 Å². The van der Waals surface area contributed by atoms with Gasteiger partial charge < -0.3 is 11.1 Å². The van der Waals surface area contributed by atoms with Crippen LogP contribution in [0.5, 0.6) is 0 Å².